The maximum atomic E-state index is 11.4. The monoisotopic (exact) mass is 173 g/mol. The lowest BCUT2D eigenvalue weighted by Crippen LogP contribution is -2.46. The SMILES string of the molecule is CCC(C)(N)C(=O)COC(C)C. The number of carbonyl (C=O) groups is 1. The lowest BCUT2D eigenvalue weighted by atomic mass is 9.95. The topological polar surface area (TPSA) is 52.3 Å². The van der Waals surface area contributed by atoms with E-state index in [2.05, 4.69) is 0 Å². The number of hydrogen-bond acceptors (Lipinski definition) is 3. The molecule has 0 amide bonds. The highest BCUT2D eigenvalue weighted by atomic mass is 16.5. The van der Waals surface area contributed by atoms with Crippen LogP contribution in [-0.2, 0) is 9.53 Å². The molecule has 0 saturated carbocycles. The van der Waals surface area contributed by atoms with Crippen LogP contribution in [0.25, 0.3) is 0 Å². The molecule has 0 spiro atoms. The van der Waals surface area contributed by atoms with E-state index in [0.717, 1.165) is 0 Å². The van der Waals surface area contributed by atoms with Crippen molar-refractivity contribution in [3.8, 4) is 0 Å². The van der Waals surface area contributed by atoms with Gasteiger partial charge in [0.15, 0.2) is 5.78 Å². The Morgan fingerprint density at radius 3 is 2.42 bits per heavy atom. The van der Waals surface area contributed by atoms with Gasteiger partial charge in [0.1, 0.15) is 6.61 Å². The Hall–Kier alpha value is -0.410. The van der Waals surface area contributed by atoms with E-state index in [1.165, 1.54) is 0 Å². The third kappa shape index (κ3) is 3.83. The Bertz CT molecular complexity index is 153. The molecule has 0 bridgehead atoms. The molecule has 1 atom stereocenters. The second-order valence-corrected chi connectivity index (χ2v) is 3.55. The van der Waals surface area contributed by atoms with Gasteiger partial charge in [0.25, 0.3) is 0 Å². The first-order valence-corrected chi connectivity index (χ1v) is 4.34. The van der Waals surface area contributed by atoms with Gasteiger partial charge in [-0.25, -0.2) is 0 Å². The Kier molecular flexibility index (Phi) is 4.42. The van der Waals surface area contributed by atoms with Gasteiger partial charge in [-0.05, 0) is 27.2 Å². The molecule has 0 aromatic heterocycles. The minimum absolute atomic E-state index is 0.0290. The Labute approximate surface area is 74.3 Å². The van der Waals surface area contributed by atoms with Crippen molar-refractivity contribution in [1.29, 1.82) is 0 Å². The summed E-state index contributed by atoms with van der Waals surface area (Å²) in [5.74, 6) is -0.0290. The van der Waals surface area contributed by atoms with E-state index in [9.17, 15) is 4.79 Å². The standard InChI is InChI=1S/C9H19NO2/c1-5-9(4,10)8(11)6-12-7(2)3/h7H,5-6,10H2,1-4H3. The molecular weight excluding hydrogens is 154 g/mol. The minimum Gasteiger partial charge on any atom is -0.371 e. The van der Waals surface area contributed by atoms with Gasteiger partial charge in [0.2, 0.25) is 0 Å². The number of ketones is 1. The molecular formula is C9H19NO2. The lowest BCUT2D eigenvalue weighted by molar-refractivity contribution is -0.129. The molecule has 1 unspecified atom stereocenters. The summed E-state index contributed by atoms with van der Waals surface area (Å²) in [6, 6.07) is 0. The molecule has 0 fully saturated rings. The molecule has 0 aromatic carbocycles. The number of ether oxygens (including phenoxy) is 1. The van der Waals surface area contributed by atoms with Crippen molar-refractivity contribution in [2.45, 2.75) is 45.8 Å². The Morgan fingerprint density at radius 2 is 2.08 bits per heavy atom. The van der Waals surface area contributed by atoms with Gasteiger partial charge in [-0.3, -0.25) is 4.79 Å². The van der Waals surface area contributed by atoms with E-state index in [0.29, 0.717) is 6.42 Å². The van der Waals surface area contributed by atoms with Crippen LogP contribution in [0.1, 0.15) is 34.1 Å². The van der Waals surface area contributed by atoms with Crippen LogP contribution in [0, 0.1) is 0 Å². The smallest absolute Gasteiger partial charge is 0.177 e. The van der Waals surface area contributed by atoms with Gasteiger partial charge in [-0.1, -0.05) is 6.92 Å². The molecule has 2 N–H and O–H groups in total. The molecule has 0 aliphatic heterocycles. The maximum Gasteiger partial charge on any atom is 0.177 e. The van der Waals surface area contributed by atoms with Crippen LogP contribution in [0.5, 0.6) is 0 Å². The summed E-state index contributed by atoms with van der Waals surface area (Å²) in [4.78, 5) is 11.4. The summed E-state index contributed by atoms with van der Waals surface area (Å²) in [5, 5.41) is 0. The summed E-state index contributed by atoms with van der Waals surface area (Å²) < 4.78 is 5.16. The molecule has 12 heavy (non-hydrogen) atoms. The van der Waals surface area contributed by atoms with E-state index in [1.54, 1.807) is 6.92 Å². The van der Waals surface area contributed by atoms with Crippen molar-refractivity contribution < 1.29 is 9.53 Å². The zero-order valence-corrected chi connectivity index (χ0v) is 8.39. The fraction of sp³-hybridized carbons (Fsp3) is 0.889. The van der Waals surface area contributed by atoms with Gasteiger partial charge in [0, 0.05) is 0 Å². The molecule has 0 rings (SSSR count). The number of rotatable bonds is 5. The molecule has 0 aliphatic rings. The van der Waals surface area contributed by atoms with E-state index in [4.69, 9.17) is 10.5 Å². The van der Waals surface area contributed by atoms with Crippen molar-refractivity contribution in [1.82, 2.24) is 0 Å². The van der Waals surface area contributed by atoms with E-state index < -0.39 is 5.54 Å². The molecule has 0 aliphatic carbocycles. The Balaban J connectivity index is 3.88. The summed E-state index contributed by atoms with van der Waals surface area (Å²) in [6.45, 7) is 7.55. The predicted octanol–water partition coefficient (Wildman–Crippen LogP) is 1.11. The van der Waals surface area contributed by atoms with Crippen LogP contribution in [0.2, 0.25) is 0 Å². The van der Waals surface area contributed by atoms with Gasteiger partial charge in [-0.15, -0.1) is 0 Å². The largest absolute Gasteiger partial charge is 0.371 e. The highest BCUT2D eigenvalue weighted by Crippen LogP contribution is 2.06. The molecule has 0 aromatic rings. The van der Waals surface area contributed by atoms with Crippen molar-refractivity contribution >= 4 is 5.78 Å². The second-order valence-electron chi connectivity index (χ2n) is 3.55. The lowest BCUT2D eigenvalue weighted by Gasteiger charge is -2.21. The van der Waals surface area contributed by atoms with E-state index in [-0.39, 0.29) is 18.5 Å². The molecule has 3 heteroatoms. The van der Waals surface area contributed by atoms with E-state index in [1.807, 2.05) is 20.8 Å². The number of Topliss-reactive ketones (excluding diaryl/α,β-unsaturated/α-hetero) is 1. The van der Waals surface area contributed by atoms with Crippen molar-refractivity contribution in [3.63, 3.8) is 0 Å². The normalized spacial score (nSPS) is 16.2. The average molecular weight is 173 g/mol. The highest BCUT2D eigenvalue weighted by molar-refractivity contribution is 5.88. The van der Waals surface area contributed by atoms with Crippen LogP contribution in [0.4, 0.5) is 0 Å². The zero-order valence-electron chi connectivity index (χ0n) is 8.39. The summed E-state index contributed by atoms with van der Waals surface area (Å²) in [6.07, 6.45) is 0.731. The molecule has 0 heterocycles. The molecule has 0 saturated heterocycles. The van der Waals surface area contributed by atoms with E-state index >= 15 is 0 Å². The predicted molar refractivity (Wildman–Crippen MR) is 49.0 cm³/mol. The Morgan fingerprint density at radius 1 is 1.58 bits per heavy atom. The summed E-state index contributed by atoms with van der Waals surface area (Å²) in [7, 11) is 0. The van der Waals surface area contributed by atoms with Crippen LogP contribution < -0.4 is 5.73 Å². The second kappa shape index (κ2) is 4.58. The molecule has 3 nitrogen and oxygen atoms in total. The van der Waals surface area contributed by atoms with Crippen molar-refractivity contribution in [2.75, 3.05) is 6.61 Å². The fourth-order valence-corrected chi connectivity index (χ4v) is 0.604. The zero-order chi connectivity index (χ0) is 9.78. The molecule has 72 valence electrons. The van der Waals surface area contributed by atoms with Gasteiger partial charge >= 0.3 is 0 Å². The quantitative estimate of drug-likeness (QED) is 0.677. The fourth-order valence-electron chi connectivity index (χ4n) is 0.604. The average Bonchev–Trinajstić information content (AvgIpc) is 2.00. The van der Waals surface area contributed by atoms with Crippen molar-refractivity contribution in [2.24, 2.45) is 5.73 Å². The maximum absolute atomic E-state index is 11.4. The third-order valence-corrected chi connectivity index (χ3v) is 1.92. The van der Waals surface area contributed by atoms with Crippen LogP contribution in [0.3, 0.4) is 0 Å². The summed E-state index contributed by atoms with van der Waals surface area (Å²) in [5.41, 5.74) is 4.99. The van der Waals surface area contributed by atoms with Gasteiger partial charge < -0.3 is 10.5 Å². The third-order valence-electron chi connectivity index (χ3n) is 1.92. The highest BCUT2D eigenvalue weighted by Gasteiger charge is 2.25. The van der Waals surface area contributed by atoms with Crippen LogP contribution >= 0.6 is 0 Å². The van der Waals surface area contributed by atoms with Crippen molar-refractivity contribution in [3.05, 3.63) is 0 Å². The molecule has 0 radical (unpaired) electrons. The first-order valence-electron chi connectivity index (χ1n) is 4.34. The van der Waals surface area contributed by atoms with Crippen LogP contribution in [0.15, 0.2) is 0 Å². The van der Waals surface area contributed by atoms with Gasteiger partial charge in [0.05, 0.1) is 11.6 Å². The number of nitrogens with two attached hydrogens (primary N) is 1. The summed E-state index contributed by atoms with van der Waals surface area (Å²) >= 11 is 0. The van der Waals surface area contributed by atoms with Crippen LogP contribution in [-0.4, -0.2) is 24.0 Å². The number of carbonyl (C=O) groups excluding carboxylic acids is 1. The van der Waals surface area contributed by atoms with Gasteiger partial charge in [-0.2, -0.15) is 0 Å². The first-order chi connectivity index (χ1) is 5.40. The first kappa shape index (κ1) is 11.6. The minimum atomic E-state index is -0.727. The number of hydrogen-bond donors (Lipinski definition) is 1.